The molecule has 0 aliphatic heterocycles. The number of anilines is 3. The van der Waals surface area contributed by atoms with Crippen molar-refractivity contribution in [3.05, 3.63) is 82.6 Å². The summed E-state index contributed by atoms with van der Waals surface area (Å²) in [4.78, 5) is 4.59. The summed E-state index contributed by atoms with van der Waals surface area (Å²) < 4.78 is 24.9. The number of fused-ring (bicyclic) bond motifs is 1. The third kappa shape index (κ3) is 4.92. The van der Waals surface area contributed by atoms with Gasteiger partial charge in [-0.15, -0.1) is 0 Å². The minimum atomic E-state index is -0.499. The maximum Gasteiger partial charge on any atom is 0.149 e. The fourth-order valence-electron chi connectivity index (χ4n) is 3.28. The van der Waals surface area contributed by atoms with Crippen LogP contribution in [0.15, 0.2) is 60.7 Å². The van der Waals surface area contributed by atoms with Gasteiger partial charge in [0.25, 0.3) is 0 Å². The van der Waals surface area contributed by atoms with Crippen LogP contribution in [0.5, 0.6) is 11.5 Å². The minimum Gasteiger partial charge on any atom is -0.494 e. The van der Waals surface area contributed by atoms with Crippen molar-refractivity contribution in [3.8, 4) is 17.6 Å². The van der Waals surface area contributed by atoms with E-state index in [2.05, 4.69) is 16.4 Å². The number of ether oxygens (including phenoxy) is 2. The van der Waals surface area contributed by atoms with Crippen molar-refractivity contribution in [2.24, 2.45) is 0 Å². The molecule has 0 unspecified atom stereocenters. The lowest BCUT2D eigenvalue weighted by atomic mass is 10.1. The van der Waals surface area contributed by atoms with Crippen LogP contribution in [0, 0.1) is 17.1 Å². The van der Waals surface area contributed by atoms with Gasteiger partial charge in [0.1, 0.15) is 35.8 Å². The van der Waals surface area contributed by atoms with Crippen LogP contribution < -0.4 is 20.5 Å². The van der Waals surface area contributed by atoms with Crippen molar-refractivity contribution < 1.29 is 13.9 Å². The maximum absolute atomic E-state index is 13.6. The number of nitrogen functional groups attached to an aromatic ring is 1. The number of nitrogens with two attached hydrogens (primary N) is 1. The fraction of sp³-hybridized carbons (Fsp3) is 0.120. The second-order valence-electron chi connectivity index (χ2n) is 7.16. The molecular weight excluding hydrogens is 443 g/mol. The topological polar surface area (TPSA) is 93.2 Å². The largest absolute Gasteiger partial charge is 0.494 e. The Balaban J connectivity index is 1.56. The summed E-state index contributed by atoms with van der Waals surface area (Å²) in [6, 6.07) is 19.1. The first-order chi connectivity index (χ1) is 16.0. The Morgan fingerprint density at radius 2 is 1.88 bits per heavy atom. The highest BCUT2D eigenvalue weighted by atomic mass is 35.5. The molecule has 166 valence electrons. The highest BCUT2D eigenvalue weighted by Gasteiger charge is 2.11. The molecule has 0 aliphatic carbocycles. The van der Waals surface area contributed by atoms with E-state index in [-0.39, 0.29) is 11.6 Å². The van der Waals surface area contributed by atoms with Gasteiger partial charge in [0.15, 0.2) is 0 Å². The molecule has 0 atom stereocenters. The quantitative estimate of drug-likeness (QED) is 0.317. The van der Waals surface area contributed by atoms with Crippen LogP contribution in [0.2, 0.25) is 5.02 Å². The Hall–Kier alpha value is -4.02. The SMILES string of the molecule is CCOc1ccc2cc(C#N)c(Nc3ccc(OCc4cccc(F)c4Cl)cc3N)nc2c1. The van der Waals surface area contributed by atoms with Crippen LogP contribution >= 0.6 is 11.6 Å². The van der Waals surface area contributed by atoms with Crippen molar-refractivity contribution in [3.63, 3.8) is 0 Å². The number of aromatic nitrogens is 1. The molecule has 8 heteroatoms. The second-order valence-corrected chi connectivity index (χ2v) is 7.54. The van der Waals surface area contributed by atoms with E-state index in [1.165, 1.54) is 6.07 Å². The monoisotopic (exact) mass is 462 g/mol. The number of pyridine rings is 1. The van der Waals surface area contributed by atoms with Gasteiger partial charge in [-0.2, -0.15) is 5.26 Å². The summed E-state index contributed by atoms with van der Waals surface area (Å²) in [7, 11) is 0. The Morgan fingerprint density at radius 3 is 2.64 bits per heavy atom. The van der Waals surface area contributed by atoms with Crippen LogP contribution in [0.1, 0.15) is 18.1 Å². The highest BCUT2D eigenvalue weighted by molar-refractivity contribution is 6.31. The molecule has 1 heterocycles. The number of hydrogen-bond acceptors (Lipinski definition) is 6. The van der Waals surface area contributed by atoms with Gasteiger partial charge in [-0.3, -0.25) is 0 Å². The van der Waals surface area contributed by atoms with Gasteiger partial charge in [0, 0.05) is 23.1 Å². The van der Waals surface area contributed by atoms with Gasteiger partial charge in [-0.1, -0.05) is 23.7 Å². The molecular formula is C25H20ClFN4O2. The number of nitriles is 1. The van der Waals surface area contributed by atoms with Gasteiger partial charge in [0.05, 0.1) is 34.1 Å². The summed E-state index contributed by atoms with van der Waals surface area (Å²) in [5.74, 6) is 1.08. The van der Waals surface area contributed by atoms with E-state index in [1.54, 1.807) is 36.4 Å². The lowest BCUT2D eigenvalue weighted by Crippen LogP contribution is -2.02. The standard InChI is InChI=1S/C25H20ClFN4O2/c1-2-32-19-7-6-15-10-17(13-28)25(31-23(15)12-19)30-22-9-8-18(11-21(22)29)33-14-16-4-3-5-20(27)24(16)26/h3-12H,2,14,29H2,1H3,(H,30,31). The van der Waals surface area contributed by atoms with Crippen LogP contribution in [-0.2, 0) is 6.61 Å². The molecule has 0 aliphatic rings. The van der Waals surface area contributed by atoms with E-state index in [1.807, 2.05) is 25.1 Å². The van der Waals surface area contributed by atoms with Gasteiger partial charge < -0.3 is 20.5 Å². The molecule has 1 aromatic heterocycles. The molecule has 0 spiro atoms. The van der Waals surface area contributed by atoms with Crippen LogP contribution in [0.25, 0.3) is 10.9 Å². The molecule has 0 saturated heterocycles. The summed E-state index contributed by atoms with van der Waals surface area (Å²) >= 11 is 5.97. The van der Waals surface area contributed by atoms with E-state index in [0.29, 0.717) is 51.9 Å². The van der Waals surface area contributed by atoms with E-state index in [4.69, 9.17) is 26.8 Å². The smallest absolute Gasteiger partial charge is 0.149 e. The lowest BCUT2D eigenvalue weighted by molar-refractivity contribution is 0.306. The summed E-state index contributed by atoms with van der Waals surface area (Å²) in [5.41, 5.74) is 8.76. The molecule has 4 aromatic rings. The zero-order chi connectivity index (χ0) is 23.4. The van der Waals surface area contributed by atoms with Gasteiger partial charge in [0.2, 0.25) is 0 Å². The Kier molecular flexibility index (Phi) is 6.48. The zero-order valence-corrected chi connectivity index (χ0v) is 18.5. The second kappa shape index (κ2) is 9.63. The van der Waals surface area contributed by atoms with Gasteiger partial charge >= 0.3 is 0 Å². The Labute approximate surface area is 195 Å². The third-order valence-electron chi connectivity index (χ3n) is 4.92. The van der Waals surface area contributed by atoms with E-state index >= 15 is 0 Å². The average Bonchev–Trinajstić information content (AvgIpc) is 2.81. The highest BCUT2D eigenvalue weighted by Crippen LogP contribution is 2.31. The summed E-state index contributed by atoms with van der Waals surface area (Å²) in [6.45, 7) is 2.55. The normalized spacial score (nSPS) is 10.6. The molecule has 0 fully saturated rings. The summed E-state index contributed by atoms with van der Waals surface area (Å²) in [5, 5.41) is 13.6. The molecule has 3 aromatic carbocycles. The minimum absolute atomic E-state index is 0.0302. The van der Waals surface area contributed by atoms with Crippen molar-refractivity contribution in [1.82, 2.24) is 4.98 Å². The van der Waals surface area contributed by atoms with Gasteiger partial charge in [-0.05, 0) is 43.3 Å². The third-order valence-corrected chi connectivity index (χ3v) is 5.35. The van der Waals surface area contributed by atoms with Crippen molar-refractivity contribution >= 4 is 39.7 Å². The number of nitrogens with zero attached hydrogens (tertiary/aromatic N) is 2. The van der Waals surface area contributed by atoms with Crippen molar-refractivity contribution in [2.45, 2.75) is 13.5 Å². The number of rotatable bonds is 7. The molecule has 0 amide bonds. The molecule has 3 N–H and O–H groups in total. The van der Waals surface area contributed by atoms with Crippen LogP contribution in [0.3, 0.4) is 0 Å². The lowest BCUT2D eigenvalue weighted by Gasteiger charge is -2.14. The first-order valence-corrected chi connectivity index (χ1v) is 10.6. The number of benzene rings is 3. The van der Waals surface area contributed by atoms with Crippen LogP contribution in [-0.4, -0.2) is 11.6 Å². The number of hydrogen-bond donors (Lipinski definition) is 2. The van der Waals surface area contributed by atoms with Crippen molar-refractivity contribution in [1.29, 1.82) is 5.26 Å². The van der Waals surface area contributed by atoms with E-state index in [0.717, 1.165) is 5.39 Å². The molecule has 0 radical (unpaired) electrons. The van der Waals surface area contributed by atoms with E-state index < -0.39 is 5.82 Å². The number of halogens is 2. The maximum atomic E-state index is 13.6. The molecule has 6 nitrogen and oxygen atoms in total. The van der Waals surface area contributed by atoms with E-state index in [9.17, 15) is 9.65 Å². The predicted molar refractivity (Wildman–Crippen MR) is 128 cm³/mol. The Bertz CT molecular complexity index is 1370. The summed E-state index contributed by atoms with van der Waals surface area (Å²) in [6.07, 6.45) is 0. The number of nitrogens with one attached hydrogen (secondary N) is 1. The Morgan fingerprint density at radius 1 is 1.09 bits per heavy atom. The molecule has 4 rings (SSSR count). The van der Waals surface area contributed by atoms with Crippen LogP contribution in [0.4, 0.5) is 21.6 Å². The molecule has 0 saturated carbocycles. The average molecular weight is 463 g/mol. The molecule has 0 bridgehead atoms. The zero-order valence-electron chi connectivity index (χ0n) is 17.7. The predicted octanol–water partition coefficient (Wildman–Crippen LogP) is 6.20. The first kappa shape index (κ1) is 22.2. The van der Waals surface area contributed by atoms with Gasteiger partial charge in [-0.25, -0.2) is 9.37 Å². The fourth-order valence-corrected chi connectivity index (χ4v) is 3.46. The molecule has 33 heavy (non-hydrogen) atoms. The van der Waals surface area contributed by atoms with Crippen molar-refractivity contribution in [2.75, 3.05) is 17.7 Å². The first-order valence-electron chi connectivity index (χ1n) is 10.2.